The van der Waals surface area contributed by atoms with Gasteiger partial charge in [-0.2, -0.15) is 18.2 Å². The van der Waals surface area contributed by atoms with Gasteiger partial charge in [-0.15, -0.1) is 11.3 Å². The Morgan fingerprint density at radius 2 is 1.94 bits per heavy atom. The van der Waals surface area contributed by atoms with Crippen molar-refractivity contribution < 1.29 is 27.4 Å². The van der Waals surface area contributed by atoms with Gasteiger partial charge in [0.25, 0.3) is 5.91 Å². The van der Waals surface area contributed by atoms with Crippen LogP contribution in [0.5, 0.6) is 5.88 Å². The highest BCUT2D eigenvalue weighted by molar-refractivity contribution is 7.20. The lowest BCUT2D eigenvalue weighted by Crippen LogP contribution is -2.18. The fourth-order valence-corrected chi connectivity index (χ4v) is 4.17. The molecule has 0 bridgehead atoms. The molecule has 3 rings (SSSR count). The Bertz CT molecular complexity index is 1130. The average Bonchev–Trinajstić information content (AvgIpc) is 3.03. The molecule has 0 atom stereocenters. The molecular weight excluding hydrogens is 433 g/mol. The Balaban J connectivity index is 2.05. The number of aryl methyl sites for hydroxylation is 1. The van der Waals surface area contributed by atoms with E-state index in [9.17, 15) is 18.0 Å². The molecule has 0 aliphatic rings. The summed E-state index contributed by atoms with van der Waals surface area (Å²) in [5.74, 6) is 0.156. The second-order valence-corrected chi connectivity index (χ2v) is 7.90. The number of carbonyl (C=O) groups is 1. The number of fused-ring (bicyclic) bond motifs is 1. The summed E-state index contributed by atoms with van der Waals surface area (Å²) in [5.41, 5.74) is 0.231. The maximum atomic E-state index is 13.2. The van der Waals surface area contributed by atoms with Gasteiger partial charge in [0, 0.05) is 21.2 Å². The third-order valence-electron chi connectivity index (χ3n) is 4.53. The minimum Gasteiger partial charge on any atom is -0.480 e. The van der Waals surface area contributed by atoms with Crippen molar-refractivity contribution >= 4 is 38.8 Å². The van der Waals surface area contributed by atoms with Crippen LogP contribution in [0.4, 0.5) is 24.5 Å². The maximum Gasteiger partial charge on any atom is 0.416 e. The maximum absolute atomic E-state index is 13.2. The van der Waals surface area contributed by atoms with Crippen LogP contribution in [-0.2, 0) is 17.5 Å². The van der Waals surface area contributed by atoms with Crippen molar-refractivity contribution in [2.24, 2.45) is 0 Å². The van der Waals surface area contributed by atoms with E-state index in [2.05, 4.69) is 15.3 Å². The highest BCUT2D eigenvalue weighted by Crippen LogP contribution is 2.38. The summed E-state index contributed by atoms with van der Waals surface area (Å²) >= 11 is 1.11. The molecule has 1 amide bonds. The molecular formula is C20H21F3N4O3S. The fraction of sp³-hybridized carbons (Fsp3) is 0.350. The van der Waals surface area contributed by atoms with Gasteiger partial charge >= 0.3 is 6.18 Å². The van der Waals surface area contributed by atoms with Crippen LogP contribution in [0.15, 0.2) is 18.2 Å². The first-order valence-electron chi connectivity index (χ1n) is 9.09. The SMILES string of the molecule is COCc1nc(OC)c2c(C)c(C(=O)Nc3cc(C(F)(F)F)ccc3N(C)C)sc2n1. The van der Waals surface area contributed by atoms with Crippen molar-refractivity contribution in [2.45, 2.75) is 19.7 Å². The summed E-state index contributed by atoms with van der Waals surface area (Å²) in [6.45, 7) is 1.88. The molecule has 166 valence electrons. The van der Waals surface area contributed by atoms with Gasteiger partial charge in [0.15, 0.2) is 5.82 Å². The van der Waals surface area contributed by atoms with E-state index < -0.39 is 17.6 Å². The number of nitrogens with one attached hydrogen (secondary N) is 1. The Labute approximate surface area is 180 Å². The normalized spacial score (nSPS) is 11.6. The Morgan fingerprint density at radius 3 is 2.52 bits per heavy atom. The fourth-order valence-electron chi connectivity index (χ4n) is 3.08. The highest BCUT2D eigenvalue weighted by Gasteiger charge is 2.31. The van der Waals surface area contributed by atoms with E-state index in [0.717, 1.165) is 23.5 Å². The molecule has 0 fully saturated rings. The van der Waals surface area contributed by atoms with Crippen LogP contribution >= 0.6 is 11.3 Å². The minimum atomic E-state index is -4.53. The molecule has 2 aromatic heterocycles. The largest absolute Gasteiger partial charge is 0.480 e. The molecule has 11 heteroatoms. The monoisotopic (exact) mass is 454 g/mol. The van der Waals surface area contributed by atoms with Crippen LogP contribution in [0.25, 0.3) is 10.2 Å². The minimum absolute atomic E-state index is 0.0554. The van der Waals surface area contributed by atoms with Crippen LogP contribution < -0.4 is 15.0 Å². The first kappa shape index (κ1) is 22.8. The molecule has 0 radical (unpaired) electrons. The first-order chi connectivity index (χ1) is 14.6. The van der Waals surface area contributed by atoms with Crippen molar-refractivity contribution in [1.29, 1.82) is 0 Å². The van der Waals surface area contributed by atoms with Gasteiger partial charge in [0.2, 0.25) is 5.88 Å². The Hall–Kier alpha value is -2.92. The van der Waals surface area contributed by atoms with Crippen LogP contribution in [0.3, 0.4) is 0 Å². The second-order valence-electron chi connectivity index (χ2n) is 6.90. The molecule has 3 aromatic rings. The number of alkyl halides is 3. The molecule has 1 aromatic carbocycles. The van der Waals surface area contributed by atoms with Crippen molar-refractivity contribution in [3.63, 3.8) is 0 Å². The summed E-state index contributed by atoms with van der Waals surface area (Å²) in [4.78, 5) is 24.2. The van der Waals surface area contributed by atoms with Crippen LogP contribution in [0, 0.1) is 6.92 Å². The molecule has 7 nitrogen and oxygen atoms in total. The third kappa shape index (κ3) is 4.57. The van der Waals surface area contributed by atoms with E-state index in [1.54, 1.807) is 25.9 Å². The van der Waals surface area contributed by atoms with E-state index in [-0.39, 0.29) is 12.3 Å². The van der Waals surface area contributed by atoms with Gasteiger partial charge in [-0.25, -0.2) is 4.98 Å². The van der Waals surface area contributed by atoms with E-state index in [4.69, 9.17) is 9.47 Å². The van der Waals surface area contributed by atoms with Crippen molar-refractivity contribution in [1.82, 2.24) is 9.97 Å². The zero-order chi connectivity index (χ0) is 22.9. The number of rotatable bonds is 6. The highest BCUT2D eigenvalue weighted by atomic mass is 32.1. The molecule has 0 saturated carbocycles. The van der Waals surface area contributed by atoms with Gasteiger partial charge in [-0.05, 0) is 30.7 Å². The standard InChI is InChI=1S/C20H21F3N4O3S/c1-10-15-18(30-5)25-14(9-29-4)26-19(15)31-16(10)17(28)24-12-8-11(20(21,22)23)6-7-13(12)27(2)3/h6-8H,9H2,1-5H3,(H,24,28). The number of benzene rings is 1. The van der Waals surface area contributed by atoms with Gasteiger partial charge < -0.3 is 19.7 Å². The smallest absolute Gasteiger partial charge is 0.416 e. The number of halogens is 3. The number of hydrogen-bond acceptors (Lipinski definition) is 7. The lowest BCUT2D eigenvalue weighted by molar-refractivity contribution is -0.137. The van der Waals surface area contributed by atoms with Crippen molar-refractivity contribution in [3.8, 4) is 5.88 Å². The number of amides is 1. The van der Waals surface area contributed by atoms with Gasteiger partial charge in [-0.3, -0.25) is 4.79 Å². The number of carbonyl (C=O) groups excluding carboxylic acids is 1. The average molecular weight is 454 g/mol. The number of nitrogens with zero attached hydrogens (tertiary/aromatic N) is 3. The lowest BCUT2D eigenvalue weighted by Gasteiger charge is -2.19. The molecule has 0 aliphatic carbocycles. The Kier molecular flexibility index (Phi) is 6.37. The molecule has 31 heavy (non-hydrogen) atoms. The Morgan fingerprint density at radius 1 is 1.23 bits per heavy atom. The van der Waals surface area contributed by atoms with Crippen LogP contribution in [0.2, 0.25) is 0 Å². The number of ether oxygens (including phenoxy) is 2. The zero-order valence-corrected chi connectivity index (χ0v) is 18.4. The number of methoxy groups -OCH3 is 2. The zero-order valence-electron chi connectivity index (χ0n) is 17.5. The van der Waals surface area contributed by atoms with E-state index in [1.807, 2.05) is 0 Å². The second kappa shape index (κ2) is 8.67. The summed E-state index contributed by atoms with van der Waals surface area (Å²) in [6, 6.07) is 3.22. The van der Waals surface area contributed by atoms with Gasteiger partial charge in [0.1, 0.15) is 11.4 Å². The van der Waals surface area contributed by atoms with E-state index >= 15 is 0 Å². The number of aromatic nitrogens is 2. The van der Waals surface area contributed by atoms with Crippen molar-refractivity contribution in [2.75, 3.05) is 38.5 Å². The summed E-state index contributed by atoms with van der Waals surface area (Å²) in [7, 11) is 6.33. The summed E-state index contributed by atoms with van der Waals surface area (Å²) in [5, 5.41) is 3.19. The third-order valence-corrected chi connectivity index (χ3v) is 5.71. The quantitative estimate of drug-likeness (QED) is 0.591. The summed E-state index contributed by atoms with van der Waals surface area (Å²) < 4.78 is 50.0. The van der Waals surface area contributed by atoms with Crippen molar-refractivity contribution in [3.05, 3.63) is 40.0 Å². The number of anilines is 2. The predicted octanol–water partition coefficient (Wildman–Crippen LogP) is 4.49. The lowest BCUT2D eigenvalue weighted by atomic mass is 10.1. The topological polar surface area (TPSA) is 76.6 Å². The molecule has 1 N–H and O–H groups in total. The first-order valence-corrected chi connectivity index (χ1v) is 9.91. The molecule has 0 aliphatic heterocycles. The molecule has 0 saturated heterocycles. The molecule has 2 heterocycles. The van der Waals surface area contributed by atoms with Crippen LogP contribution in [-0.4, -0.2) is 44.2 Å². The van der Waals surface area contributed by atoms with E-state index in [1.165, 1.54) is 20.3 Å². The molecule has 0 unspecified atom stereocenters. The van der Waals surface area contributed by atoms with E-state index in [0.29, 0.717) is 38.0 Å². The molecule has 0 spiro atoms. The van der Waals surface area contributed by atoms with Gasteiger partial charge in [-0.1, -0.05) is 0 Å². The predicted molar refractivity (Wildman–Crippen MR) is 113 cm³/mol. The van der Waals surface area contributed by atoms with Crippen LogP contribution in [0.1, 0.15) is 26.6 Å². The van der Waals surface area contributed by atoms with Gasteiger partial charge in [0.05, 0.1) is 34.3 Å². The number of thiophene rings is 1. The number of hydrogen-bond donors (Lipinski definition) is 1. The summed E-state index contributed by atoms with van der Waals surface area (Å²) in [6.07, 6.45) is -4.53.